The highest BCUT2D eigenvalue weighted by molar-refractivity contribution is 9.10. The van der Waals surface area contributed by atoms with Crippen LogP contribution in [0.4, 0.5) is 10.1 Å². The molecule has 1 heterocycles. The number of benzene rings is 1. The molecule has 2 aromatic rings. The van der Waals surface area contributed by atoms with Gasteiger partial charge < -0.3 is 9.84 Å². The van der Waals surface area contributed by atoms with E-state index >= 15 is 0 Å². The third-order valence-corrected chi connectivity index (χ3v) is 3.98. The molecule has 1 unspecified atom stereocenters. The van der Waals surface area contributed by atoms with Crippen molar-refractivity contribution < 1.29 is 19.2 Å². The predicted molar refractivity (Wildman–Crippen MR) is 75.8 cm³/mol. The Hall–Kier alpha value is -1.51. The minimum absolute atomic E-state index is 0.00315. The summed E-state index contributed by atoms with van der Waals surface area (Å²) in [5.41, 5.74) is -0.258. The van der Waals surface area contributed by atoms with Crippen LogP contribution in [0.2, 0.25) is 0 Å². The van der Waals surface area contributed by atoms with Crippen molar-refractivity contribution in [3.63, 3.8) is 0 Å². The summed E-state index contributed by atoms with van der Waals surface area (Å²) in [5.74, 6) is -0.386. The summed E-state index contributed by atoms with van der Waals surface area (Å²) >= 11 is 4.06. The van der Waals surface area contributed by atoms with E-state index in [2.05, 4.69) is 15.9 Å². The lowest BCUT2D eigenvalue weighted by Gasteiger charge is -2.03. The van der Waals surface area contributed by atoms with E-state index < -0.39 is 16.8 Å². The van der Waals surface area contributed by atoms with E-state index in [0.29, 0.717) is 9.35 Å². The van der Waals surface area contributed by atoms with Gasteiger partial charge in [0.2, 0.25) is 0 Å². The lowest BCUT2D eigenvalue weighted by atomic mass is 10.3. The van der Waals surface area contributed by atoms with Crippen molar-refractivity contribution in [3.05, 3.63) is 49.5 Å². The van der Waals surface area contributed by atoms with Crippen LogP contribution >= 0.6 is 27.3 Å². The normalized spacial score (nSPS) is 12.2. The molecule has 1 aromatic heterocycles. The number of halogens is 2. The maximum Gasteiger partial charge on any atom is 0.323 e. The Bertz CT molecular complexity index is 639. The van der Waals surface area contributed by atoms with Crippen molar-refractivity contribution in [1.29, 1.82) is 0 Å². The SMILES string of the molecule is CC(O)c1cc([N+](=O)[O-])c(Oc2cc(F)cc(Br)c2)s1. The smallest absolute Gasteiger partial charge is 0.323 e. The Labute approximate surface area is 125 Å². The molecule has 1 aromatic carbocycles. The highest BCUT2D eigenvalue weighted by Gasteiger charge is 2.23. The first-order chi connectivity index (χ1) is 9.36. The van der Waals surface area contributed by atoms with Crippen molar-refractivity contribution in [1.82, 2.24) is 0 Å². The quantitative estimate of drug-likeness (QED) is 0.646. The van der Waals surface area contributed by atoms with Gasteiger partial charge in [0, 0.05) is 21.5 Å². The van der Waals surface area contributed by atoms with E-state index in [1.165, 1.54) is 25.1 Å². The third-order valence-electron chi connectivity index (χ3n) is 2.35. The molecule has 1 N–H and O–H groups in total. The summed E-state index contributed by atoms with van der Waals surface area (Å²) in [6, 6.07) is 5.11. The molecule has 20 heavy (non-hydrogen) atoms. The number of nitrogens with zero attached hydrogens (tertiary/aromatic N) is 1. The first-order valence-corrected chi connectivity index (χ1v) is 7.08. The van der Waals surface area contributed by atoms with E-state index in [0.717, 1.165) is 17.4 Å². The van der Waals surface area contributed by atoms with E-state index in [1.807, 2.05) is 0 Å². The molecule has 0 radical (unpaired) electrons. The second-order valence-corrected chi connectivity index (χ2v) is 5.92. The molecule has 0 fully saturated rings. The van der Waals surface area contributed by atoms with Gasteiger partial charge in [-0.25, -0.2) is 4.39 Å². The second-order valence-electron chi connectivity index (χ2n) is 3.96. The van der Waals surface area contributed by atoms with Gasteiger partial charge in [0.05, 0.1) is 11.0 Å². The Balaban J connectivity index is 2.39. The van der Waals surface area contributed by atoms with Crippen molar-refractivity contribution in [2.75, 3.05) is 0 Å². The van der Waals surface area contributed by atoms with Gasteiger partial charge in [-0.1, -0.05) is 27.3 Å². The van der Waals surface area contributed by atoms with Gasteiger partial charge in [0.15, 0.2) is 0 Å². The van der Waals surface area contributed by atoms with Crippen LogP contribution in [0.3, 0.4) is 0 Å². The monoisotopic (exact) mass is 361 g/mol. The molecule has 0 saturated carbocycles. The van der Waals surface area contributed by atoms with Crippen LogP contribution in [-0.2, 0) is 0 Å². The van der Waals surface area contributed by atoms with Gasteiger partial charge in [-0.3, -0.25) is 10.1 Å². The maximum atomic E-state index is 13.2. The largest absolute Gasteiger partial charge is 0.440 e. The molecule has 0 aliphatic carbocycles. The minimum Gasteiger partial charge on any atom is -0.440 e. The van der Waals surface area contributed by atoms with Gasteiger partial charge in [-0.2, -0.15) is 0 Å². The average molecular weight is 362 g/mol. The molecule has 1 atom stereocenters. The molecule has 0 aliphatic heterocycles. The first-order valence-electron chi connectivity index (χ1n) is 5.47. The van der Waals surface area contributed by atoms with Crippen LogP contribution in [-0.4, -0.2) is 10.0 Å². The topological polar surface area (TPSA) is 72.6 Å². The number of ether oxygens (including phenoxy) is 1. The zero-order valence-corrected chi connectivity index (χ0v) is 12.6. The molecular formula is C12H9BrFNO4S. The van der Waals surface area contributed by atoms with Crippen molar-refractivity contribution in [2.45, 2.75) is 13.0 Å². The average Bonchev–Trinajstić information content (AvgIpc) is 2.71. The fourth-order valence-electron chi connectivity index (χ4n) is 1.48. The van der Waals surface area contributed by atoms with Crippen LogP contribution in [0.5, 0.6) is 10.8 Å². The molecule has 8 heteroatoms. The Morgan fingerprint density at radius 1 is 1.45 bits per heavy atom. The maximum absolute atomic E-state index is 13.2. The summed E-state index contributed by atoms with van der Waals surface area (Å²) in [4.78, 5) is 10.7. The van der Waals surface area contributed by atoms with Crippen LogP contribution < -0.4 is 4.74 Å². The molecule has 0 aliphatic rings. The molecule has 5 nitrogen and oxygen atoms in total. The van der Waals surface area contributed by atoms with E-state index in [9.17, 15) is 19.6 Å². The standard InChI is InChI=1S/C12H9BrFNO4S/c1-6(16)11-5-10(15(17)18)12(20-11)19-9-3-7(13)2-8(14)4-9/h2-6,16H,1H3. The number of thiophene rings is 1. The summed E-state index contributed by atoms with van der Waals surface area (Å²) in [7, 11) is 0. The molecule has 0 saturated heterocycles. The third kappa shape index (κ3) is 3.33. The summed E-state index contributed by atoms with van der Waals surface area (Å²) in [6.45, 7) is 1.50. The minimum atomic E-state index is -0.838. The summed E-state index contributed by atoms with van der Waals surface area (Å²) in [5, 5.41) is 20.4. The van der Waals surface area contributed by atoms with Crippen LogP contribution in [0.25, 0.3) is 0 Å². The lowest BCUT2D eigenvalue weighted by Crippen LogP contribution is -1.90. The molecular weight excluding hydrogens is 353 g/mol. The fraction of sp³-hybridized carbons (Fsp3) is 0.167. The van der Waals surface area contributed by atoms with E-state index in [4.69, 9.17) is 4.74 Å². The van der Waals surface area contributed by atoms with Crippen LogP contribution in [0, 0.1) is 15.9 Å². The number of nitro groups is 1. The van der Waals surface area contributed by atoms with Gasteiger partial charge in [0.25, 0.3) is 5.06 Å². The Morgan fingerprint density at radius 3 is 2.70 bits per heavy atom. The number of aliphatic hydroxyl groups excluding tert-OH is 1. The number of hydrogen-bond donors (Lipinski definition) is 1. The molecule has 0 bridgehead atoms. The highest BCUT2D eigenvalue weighted by atomic mass is 79.9. The van der Waals surface area contributed by atoms with E-state index in [1.54, 1.807) is 0 Å². The van der Waals surface area contributed by atoms with Crippen molar-refractivity contribution >= 4 is 33.0 Å². The Kier molecular flexibility index (Phi) is 4.36. The number of hydrogen-bond acceptors (Lipinski definition) is 5. The molecule has 0 amide bonds. The van der Waals surface area contributed by atoms with E-state index in [-0.39, 0.29) is 16.5 Å². The van der Waals surface area contributed by atoms with Gasteiger partial charge in [-0.15, -0.1) is 0 Å². The zero-order valence-electron chi connectivity index (χ0n) is 10.2. The number of rotatable bonds is 4. The molecule has 106 valence electrons. The predicted octanol–water partition coefficient (Wildman–Crippen LogP) is 4.40. The van der Waals surface area contributed by atoms with Gasteiger partial charge in [-0.05, 0) is 19.1 Å². The summed E-state index contributed by atoms with van der Waals surface area (Å²) in [6.07, 6.45) is -0.838. The van der Waals surface area contributed by atoms with Crippen LogP contribution in [0.1, 0.15) is 17.9 Å². The molecule has 0 spiro atoms. The number of aliphatic hydroxyl groups is 1. The second kappa shape index (κ2) is 5.86. The first kappa shape index (κ1) is 14.9. The molecule has 2 rings (SSSR count). The highest BCUT2D eigenvalue weighted by Crippen LogP contribution is 2.42. The summed E-state index contributed by atoms with van der Waals surface area (Å²) < 4.78 is 19.1. The fourth-order valence-corrected chi connectivity index (χ4v) is 2.86. The van der Waals surface area contributed by atoms with Crippen molar-refractivity contribution in [2.24, 2.45) is 0 Å². The Morgan fingerprint density at radius 2 is 2.15 bits per heavy atom. The van der Waals surface area contributed by atoms with Crippen LogP contribution in [0.15, 0.2) is 28.7 Å². The van der Waals surface area contributed by atoms with Gasteiger partial charge >= 0.3 is 5.69 Å². The lowest BCUT2D eigenvalue weighted by molar-refractivity contribution is -0.385. The zero-order chi connectivity index (χ0) is 14.9. The van der Waals surface area contributed by atoms with Gasteiger partial charge in [0.1, 0.15) is 11.6 Å². The van der Waals surface area contributed by atoms with Crippen molar-refractivity contribution in [3.8, 4) is 10.8 Å².